The highest BCUT2D eigenvalue weighted by Gasteiger charge is 2.32. The normalized spacial score (nSPS) is 15.7. The summed E-state index contributed by atoms with van der Waals surface area (Å²) in [4.78, 5) is 30.6. The monoisotopic (exact) mass is 510 g/mol. The minimum absolute atomic E-state index is 0.0916. The molecule has 7 nitrogen and oxygen atoms in total. The van der Waals surface area contributed by atoms with Crippen LogP contribution in [0.2, 0.25) is 0 Å². The quantitative estimate of drug-likeness (QED) is 0.453. The van der Waals surface area contributed by atoms with E-state index in [4.69, 9.17) is 4.74 Å². The number of ether oxygens (including phenoxy) is 1. The molecule has 4 rings (SSSR count). The molecule has 9 heteroatoms. The third-order valence-electron chi connectivity index (χ3n) is 6.39. The first kappa shape index (κ1) is 25.7. The van der Waals surface area contributed by atoms with Gasteiger partial charge in [-0.3, -0.25) is 14.5 Å². The van der Waals surface area contributed by atoms with Crippen molar-refractivity contribution in [2.45, 2.75) is 25.6 Å². The molecule has 2 atom stereocenters. The maximum absolute atomic E-state index is 14.3. The van der Waals surface area contributed by atoms with E-state index in [1.807, 2.05) is 47.5 Å². The largest absolute Gasteiger partial charge is 0.497 e. The predicted molar refractivity (Wildman–Crippen MR) is 140 cm³/mol. The highest BCUT2D eigenvalue weighted by molar-refractivity contribution is 7.10. The Labute approximate surface area is 214 Å². The van der Waals surface area contributed by atoms with Gasteiger partial charge >= 0.3 is 11.8 Å². The van der Waals surface area contributed by atoms with Crippen molar-refractivity contribution in [1.29, 1.82) is 0 Å². The second kappa shape index (κ2) is 12.0. The zero-order chi connectivity index (χ0) is 25.5. The fraction of sp³-hybridized carbons (Fsp3) is 0.333. The lowest BCUT2D eigenvalue weighted by atomic mass is 10.0. The molecule has 36 heavy (non-hydrogen) atoms. The van der Waals surface area contributed by atoms with Gasteiger partial charge in [0.2, 0.25) is 0 Å². The minimum atomic E-state index is -0.674. The first-order valence-corrected chi connectivity index (χ1v) is 12.8. The Morgan fingerprint density at radius 3 is 2.36 bits per heavy atom. The van der Waals surface area contributed by atoms with Crippen LogP contribution in [0.1, 0.15) is 23.4 Å². The van der Waals surface area contributed by atoms with Gasteiger partial charge in [-0.05, 0) is 48.2 Å². The van der Waals surface area contributed by atoms with E-state index >= 15 is 0 Å². The number of rotatable bonds is 8. The molecule has 1 aliphatic heterocycles. The number of carbonyl (C=O) groups excluding carboxylic acids is 2. The number of piperazine rings is 1. The van der Waals surface area contributed by atoms with Crippen LogP contribution >= 0.6 is 11.3 Å². The minimum Gasteiger partial charge on any atom is -0.497 e. The molecule has 0 aliphatic carbocycles. The molecule has 1 aliphatic rings. The van der Waals surface area contributed by atoms with Crippen LogP contribution < -0.4 is 20.3 Å². The van der Waals surface area contributed by atoms with Crippen molar-refractivity contribution in [3.8, 4) is 5.75 Å². The maximum atomic E-state index is 14.3. The van der Waals surface area contributed by atoms with E-state index in [2.05, 4.69) is 15.5 Å². The number of hydrogen-bond donors (Lipinski definition) is 2. The third-order valence-corrected chi connectivity index (χ3v) is 7.33. The number of benzene rings is 2. The Bertz CT molecular complexity index is 1150. The first-order valence-electron chi connectivity index (χ1n) is 11.9. The van der Waals surface area contributed by atoms with Gasteiger partial charge < -0.3 is 20.3 Å². The Morgan fingerprint density at radius 2 is 1.72 bits per heavy atom. The maximum Gasteiger partial charge on any atom is 0.309 e. The Kier molecular flexibility index (Phi) is 8.56. The summed E-state index contributed by atoms with van der Waals surface area (Å²) in [5, 5.41) is 7.58. The molecule has 0 bridgehead atoms. The number of amides is 2. The zero-order valence-corrected chi connectivity index (χ0v) is 21.3. The number of methoxy groups -OCH3 is 1. The summed E-state index contributed by atoms with van der Waals surface area (Å²) in [5.74, 6) is -0.831. The summed E-state index contributed by atoms with van der Waals surface area (Å²) in [6.07, 6.45) is 0. The number of hydrogen-bond acceptors (Lipinski definition) is 6. The van der Waals surface area contributed by atoms with Crippen LogP contribution in [0, 0.1) is 5.82 Å². The molecule has 1 saturated heterocycles. The van der Waals surface area contributed by atoms with Crippen molar-refractivity contribution < 1.29 is 18.7 Å². The van der Waals surface area contributed by atoms with Gasteiger partial charge in [-0.2, -0.15) is 0 Å². The summed E-state index contributed by atoms with van der Waals surface area (Å²) < 4.78 is 19.4. The van der Waals surface area contributed by atoms with Crippen LogP contribution in [-0.2, 0) is 16.1 Å². The number of nitrogens with zero attached hydrogens (tertiary/aromatic N) is 2. The van der Waals surface area contributed by atoms with Gasteiger partial charge in [0, 0.05) is 43.6 Å². The number of nitrogens with one attached hydrogen (secondary N) is 2. The number of anilines is 1. The molecular formula is C27H31FN4O3S. The summed E-state index contributed by atoms with van der Waals surface area (Å²) in [5.41, 5.74) is 1.48. The van der Waals surface area contributed by atoms with Crippen molar-refractivity contribution in [1.82, 2.24) is 15.5 Å². The molecule has 1 fully saturated rings. The van der Waals surface area contributed by atoms with Gasteiger partial charge in [-0.25, -0.2) is 4.39 Å². The van der Waals surface area contributed by atoms with E-state index in [9.17, 15) is 14.0 Å². The Morgan fingerprint density at radius 1 is 1.00 bits per heavy atom. The van der Waals surface area contributed by atoms with E-state index < -0.39 is 11.8 Å². The molecule has 3 aromatic rings. The fourth-order valence-electron chi connectivity index (χ4n) is 4.51. The molecule has 2 N–H and O–H groups in total. The van der Waals surface area contributed by atoms with Crippen molar-refractivity contribution in [2.75, 3.05) is 38.2 Å². The van der Waals surface area contributed by atoms with Crippen LogP contribution in [0.3, 0.4) is 0 Å². The number of carbonyl (C=O) groups is 2. The predicted octanol–water partition coefficient (Wildman–Crippen LogP) is 3.58. The van der Waals surface area contributed by atoms with Crippen molar-refractivity contribution >= 4 is 28.8 Å². The smallest absolute Gasteiger partial charge is 0.309 e. The number of para-hydroxylation sites is 1. The van der Waals surface area contributed by atoms with E-state index in [1.165, 1.54) is 6.07 Å². The van der Waals surface area contributed by atoms with E-state index in [0.717, 1.165) is 16.2 Å². The molecule has 0 saturated carbocycles. The lowest BCUT2D eigenvalue weighted by molar-refractivity contribution is -0.140. The van der Waals surface area contributed by atoms with Gasteiger partial charge in [0.05, 0.1) is 18.8 Å². The van der Waals surface area contributed by atoms with Gasteiger partial charge in [0.25, 0.3) is 0 Å². The Hall–Kier alpha value is -3.43. The Balaban J connectivity index is 1.36. The van der Waals surface area contributed by atoms with Gasteiger partial charge in [-0.1, -0.05) is 30.3 Å². The molecule has 0 unspecified atom stereocenters. The summed E-state index contributed by atoms with van der Waals surface area (Å²) in [6, 6.07) is 17.7. The third kappa shape index (κ3) is 6.22. The fourth-order valence-corrected chi connectivity index (χ4v) is 5.47. The topological polar surface area (TPSA) is 73.9 Å². The average Bonchev–Trinajstić information content (AvgIpc) is 3.43. The summed E-state index contributed by atoms with van der Waals surface area (Å²) in [6.45, 7) is 4.93. The first-order chi connectivity index (χ1) is 17.5. The molecule has 1 aromatic heterocycles. The summed E-state index contributed by atoms with van der Waals surface area (Å²) >= 11 is 1.62. The molecule has 2 aromatic carbocycles. The summed E-state index contributed by atoms with van der Waals surface area (Å²) in [7, 11) is 1.59. The zero-order valence-electron chi connectivity index (χ0n) is 20.4. The van der Waals surface area contributed by atoms with E-state index in [0.29, 0.717) is 31.9 Å². The van der Waals surface area contributed by atoms with Gasteiger partial charge in [0.1, 0.15) is 11.6 Å². The van der Waals surface area contributed by atoms with Crippen LogP contribution in [0.4, 0.5) is 10.1 Å². The second-order valence-corrected chi connectivity index (χ2v) is 9.71. The number of halogens is 1. The van der Waals surface area contributed by atoms with Crippen LogP contribution in [0.25, 0.3) is 0 Å². The standard InChI is InChI=1S/C27H31FN4O3S/c1-19(30-27(34)26(33)29-18-20-9-11-21(35-2)12-10-20)25(24-8-5-17-36-24)32-15-13-31(14-16-32)23-7-4-3-6-22(23)28/h3-12,17,19,25H,13-16,18H2,1-2H3,(H,29,33)(H,30,34)/t19-,25+/m1/s1. The van der Waals surface area contributed by atoms with Gasteiger partial charge in [0.15, 0.2) is 0 Å². The lowest BCUT2D eigenvalue weighted by Gasteiger charge is -2.42. The second-order valence-electron chi connectivity index (χ2n) is 8.73. The van der Waals surface area contributed by atoms with Crippen molar-refractivity contribution in [2.24, 2.45) is 0 Å². The number of thiophene rings is 1. The van der Waals surface area contributed by atoms with Crippen molar-refractivity contribution in [3.05, 3.63) is 82.3 Å². The highest BCUT2D eigenvalue weighted by Crippen LogP contribution is 2.30. The SMILES string of the molecule is COc1ccc(CNC(=O)C(=O)N[C@H](C)[C@@H](c2cccs2)N2CCN(c3ccccc3F)CC2)cc1. The van der Waals surface area contributed by atoms with Crippen LogP contribution in [0.5, 0.6) is 5.75 Å². The van der Waals surface area contributed by atoms with Crippen molar-refractivity contribution in [3.63, 3.8) is 0 Å². The average molecular weight is 511 g/mol. The highest BCUT2D eigenvalue weighted by atomic mass is 32.1. The van der Waals surface area contributed by atoms with Gasteiger partial charge in [-0.15, -0.1) is 11.3 Å². The van der Waals surface area contributed by atoms with Crippen LogP contribution in [0.15, 0.2) is 66.0 Å². The lowest BCUT2D eigenvalue weighted by Crippen LogP contribution is -2.53. The molecule has 190 valence electrons. The van der Waals surface area contributed by atoms with Crippen LogP contribution in [-0.4, -0.2) is 56.0 Å². The molecule has 0 spiro atoms. The molecule has 2 heterocycles. The molecule has 0 radical (unpaired) electrons. The van der Waals surface area contributed by atoms with E-state index in [1.54, 1.807) is 42.7 Å². The van der Waals surface area contributed by atoms with E-state index in [-0.39, 0.29) is 24.4 Å². The molecule has 2 amide bonds. The molecular weight excluding hydrogens is 479 g/mol.